The lowest BCUT2D eigenvalue weighted by Gasteiger charge is -2.05. The van der Waals surface area contributed by atoms with Crippen LogP contribution in [0.3, 0.4) is 0 Å². The van der Waals surface area contributed by atoms with E-state index in [1.807, 2.05) is 0 Å². The summed E-state index contributed by atoms with van der Waals surface area (Å²) in [4.78, 5) is 21.4. The number of carbonyl (C=O) groups is 2. The van der Waals surface area contributed by atoms with E-state index in [0.717, 1.165) is 19.2 Å². The van der Waals surface area contributed by atoms with Crippen molar-refractivity contribution in [2.75, 3.05) is 7.11 Å². The molecule has 0 aromatic heterocycles. The summed E-state index contributed by atoms with van der Waals surface area (Å²) in [6.45, 7) is 0. The predicted molar refractivity (Wildman–Crippen MR) is 47.5 cm³/mol. The second-order valence-electron chi connectivity index (χ2n) is 2.80. The summed E-state index contributed by atoms with van der Waals surface area (Å²) in [5.74, 6) is -3.02. The third kappa shape index (κ3) is 2.37. The summed E-state index contributed by atoms with van der Waals surface area (Å²) in [5.41, 5.74) is -0.337. The molecule has 0 unspecified atom stereocenters. The van der Waals surface area contributed by atoms with Gasteiger partial charge in [-0.3, -0.25) is 9.59 Å². The minimum absolute atomic E-state index is 0.0562. The zero-order valence-electron chi connectivity index (χ0n) is 7.92. The maximum atomic E-state index is 13.2. The molecule has 0 radical (unpaired) electrons. The fourth-order valence-corrected chi connectivity index (χ4v) is 1.11. The summed E-state index contributed by atoms with van der Waals surface area (Å²) >= 11 is 0. The first kappa shape index (κ1) is 11.3. The molecule has 0 aliphatic rings. The van der Waals surface area contributed by atoms with E-state index < -0.39 is 24.0 Å². The first-order chi connectivity index (χ1) is 7.10. The number of esters is 1. The quantitative estimate of drug-likeness (QED) is 0.565. The molecule has 0 saturated carbocycles. The van der Waals surface area contributed by atoms with Crippen LogP contribution in [-0.4, -0.2) is 19.4 Å². The minimum atomic E-state index is -1.19. The van der Waals surface area contributed by atoms with E-state index in [9.17, 15) is 18.4 Å². The molecule has 0 heterocycles. The topological polar surface area (TPSA) is 43.4 Å². The van der Waals surface area contributed by atoms with Gasteiger partial charge in [0.25, 0.3) is 0 Å². The van der Waals surface area contributed by atoms with Crippen molar-refractivity contribution in [1.29, 1.82) is 0 Å². The SMILES string of the molecule is COC(=O)Cc1c(C=O)ccc(F)c1F. The molecule has 0 aliphatic carbocycles. The number of hydrogen-bond acceptors (Lipinski definition) is 3. The summed E-state index contributed by atoms with van der Waals surface area (Å²) in [7, 11) is 1.13. The molecule has 0 atom stereocenters. The largest absolute Gasteiger partial charge is 0.469 e. The van der Waals surface area contributed by atoms with Crippen LogP contribution in [0, 0.1) is 11.6 Å². The van der Waals surface area contributed by atoms with Crippen molar-refractivity contribution < 1.29 is 23.1 Å². The molecule has 80 valence electrons. The Hall–Kier alpha value is -1.78. The number of carbonyl (C=O) groups excluding carboxylic acids is 2. The van der Waals surface area contributed by atoms with E-state index in [1.165, 1.54) is 0 Å². The Morgan fingerprint density at radius 1 is 1.47 bits per heavy atom. The van der Waals surface area contributed by atoms with Crippen LogP contribution in [0.15, 0.2) is 12.1 Å². The van der Waals surface area contributed by atoms with E-state index in [4.69, 9.17) is 0 Å². The molecule has 3 nitrogen and oxygen atoms in total. The van der Waals surface area contributed by atoms with Crippen LogP contribution < -0.4 is 0 Å². The molecule has 0 bridgehead atoms. The van der Waals surface area contributed by atoms with Crippen molar-refractivity contribution in [1.82, 2.24) is 0 Å². The number of aldehydes is 1. The molecular weight excluding hydrogens is 206 g/mol. The van der Waals surface area contributed by atoms with Gasteiger partial charge >= 0.3 is 5.97 Å². The average molecular weight is 214 g/mol. The Bertz CT molecular complexity index is 402. The van der Waals surface area contributed by atoms with Gasteiger partial charge in [-0.15, -0.1) is 0 Å². The van der Waals surface area contributed by atoms with Gasteiger partial charge in [0.15, 0.2) is 11.6 Å². The van der Waals surface area contributed by atoms with Crippen molar-refractivity contribution in [2.24, 2.45) is 0 Å². The lowest BCUT2D eigenvalue weighted by atomic mass is 10.0. The minimum Gasteiger partial charge on any atom is -0.469 e. The van der Waals surface area contributed by atoms with E-state index in [0.29, 0.717) is 6.29 Å². The number of hydrogen-bond donors (Lipinski definition) is 0. The van der Waals surface area contributed by atoms with Gasteiger partial charge in [-0.25, -0.2) is 8.78 Å². The van der Waals surface area contributed by atoms with Gasteiger partial charge in [-0.1, -0.05) is 0 Å². The normalized spacial score (nSPS) is 9.80. The molecule has 0 amide bonds. The Balaban J connectivity index is 3.17. The van der Waals surface area contributed by atoms with Crippen molar-refractivity contribution in [2.45, 2.75) is 6.42 Å². The van der Waals surface area contributed by atoms with E-state index in [-0.39, 0.29) is 11.1 Å². The molecule has 0 spiro atoms. The first-order valence-electron chi connectivity index (χ1n) is 4.09. The third-order valence-electron chi connectivity index (χ3n) is 1.91. The number of ether oxygens (including phenoxy) is 1. The van der Waals surface area contributed by atoms with Crippen LogP contribution in [0.2, 0.25) is 0 Å². The van der Waals surface area contributed by atoms with Gasteiger partial charge in [0, 0.05) is 11.1 Å². The molecule has 0 aliphatic heterocycles. The highest BCUT2D eigenvalue weighted by molar-refractivity contribution is 5.81. The lowest BCUT2D eigenvalue weighted by Crippen LogP contribution is -2.10. The summed E-state index contributed by atoms with van der Waals surface area (Å²) in [5, 5.41) is 0. The van der Waals surface area contributed by atoms with Gasteiger partial charge in [-0.05, 0) is 12.1 Å². The number of rotatable bonds is 3. The van der Waals surface area contributed by atoms with Crippen LogP contribution in [-0.2, 0) is 16.0 Å². The molecule has 1 aromatic rings. The van der Waals surface area contributed by atoms with Crippen LogP contribution in [0.1, 0.15) is 15.9 Å². The van der Waals surface area contributed by atoms with Crippen molar-refractivity contribution >= 4 is 12.3 Å². The molecule has 1 aromatic carbocycles. The molecule has 0 N–H and O–H groups in total. The van der Waals surface area contributed by atoms with Gasteiger partial charge in [0.05, 0.1) is 13.5 Å². The van der Waals surface area contributed by atoms with Crippen molar-refractivity contribution in [3.8, 4) is 0 Å². The molecule has 15 heavy (non-hydrogen) atoms. The third-order valence-corrected chi connectivity index (χ3v) is 1.91. The smallest absolute Gasteiger partial charge is 0.310 e. The summed E-state index contributed by atoms with van der Waals surface area (Å²) in [6, 6.07) is 1.95. The Kier molecular flexibility index (Phi) is 3.49. The fraction of sp³-hybridized carbons (Fsp3) is 0.200. The average Bonchev–Trinajstić information content (AvgIpc) is 2.25. The maximum Gasteiger partial charge on any atom is 0.310 e. The Labute approximate surface area is 84.7 Å². The highest BCUT2D eigenvalue weighted by Gasteiger charge is 2.16. The van der Waals surface area contributed by atoms with Gasteiger partial charge in [0.2, 0.25) is 0 Å². The zero-order chi connectivity index (χ0) is 11.4. The highest BCUT2D eigenvalue weighted by Crippen LogP contribution is 2.16. The lowest BCUT2D eigenvalue weighted by molar-refractivity contribution is -0.139. The van der Waals surface area contributed by atoms with E-state index in [1.54, 1.807) is 0 Å². The molecular formula is C10H8F2O3. The number of halogens is 2. The molecule has 5 heteroatoms. The van der Waals surface area contributed by atoms with Gasteiger partial charge in [0.1, 0.15) is 6.29 Å². The van der Waals surface area contributed by atoms with Crippen molar-refractivity contribution in [3.63, 3.8) is 0 Å². The van der Waals surface area contributed by atoms with Crippen molar-refractivity contribution in [3.05, 3.63) is 34.9 Å². The van der Waals surface area contributed by atoms with Gasteiger partial charge < -0.3 is 4.74 Å². The van der Waals surface area contributed by atoms with Crippen LogP contribution in [0.25, 0.3) is 0 Å². The molecule has 0 saturated heterocycles. The monoisotopic (exact) mass is 214 g/mol. The second kappa shape index (κ2) is 4.63. The predicted octanol–water partition coefficient (Wildman–Crippen LogP) is 1.49. The number of methoxy groups -OCH3 is 1. The number of benzene rings is 1. The van der Waals surface area contributed by atoms with E-state index in [2.05, 4.69) is 4.74 Å². The molecule has 1 rings (SSSR count). The van der Waals surface area contributed by atoms with E-state index >= 15 is 0 Å². The van der Waals surface area contributed by atoms with Crippen LogP contribution in [0.5, 0.6) is 0 Å². The fourth-order valence-electron chi connectivity index (χ4n) is 1.11. The Morgan fingerprint density at radius 2 is 2.13 bits per heavy atom. The van der Waals surface area contributed by atoms with Crippen LogP contribution in [0.4, 0.5) is 8.78 Å². The zero-order valence-corrected chi connectivity index (χ0v) is 7.92. The highest BCUT2D eigenvalue weighted by atomic mass is 19.2. The van der Waals surface area contributed by atoms with Crippen LogP contribution >= 0.6 is 0 Å². The maximum absolute atomic E-state index is 13.2. The summed E-state index contributed by atoms with van der Waals surface area (Å²) in [6.07, 6.45) is -0.102. The second-order valence-corrected chi connectivity index (χ2v) is 2.80. The standard InChI is InChI=1S/C10H8F2O3/c1-15-9(14)4-7-6(5-13)2-3-8(11)10(7)12/h2-3,5H,4H2,1H3. The summed E-state index contributed by atoms with van der Waals surface area (Å²) < 4.78 is 30.3. The Morgan fingerprint density at radius 3 is 2.67 bits per heavy atom. The first-order valence-corrected chi connectivity index (χ1v) is 4.09. The molecule has 0 fully saturated rings. The van der Waals surface area contributed by atoms with Gasteiger partial charge in [-0.2, -0.15) is 0 Å².